The lowest BCUT2D eigenvalue weighted by molar-refractivity contribution is -0.140. The molecule has 0 saturated carbocycles. The van der Waals surface area contributed by atoms with E-state index in [1.54, 1.807) is 24.3 Å². The second-order valence-electron chi connectivity index (χ2n) is 6.27. The largest absolute Gasteiger partial charge is 0.492 e. The third-order valence-corrected chi connectivity index (χ3v) is 3.83. The van der Waals surface area contributed by atoms with Crippen molar-refractivity contribution in [1.82, 2.24) is 0 Å². The molecule has 2 rings (SSSR count). The maximum Gasteiger partial charge on any atom is 0.342 e. The number of hydrogen-bond acceptors (Lipinski definition) is 8. The van der Waals surface area contributed by atoms with Crippen molar-refractivity contribution >= 4 is 29.8 Å². The van der Waals surface area contributed by atoms with Gasteiger partial charge in [0.05, 0.1) is 0 Å². The number of nitrogens with two attached hydrogens (primary N) is 1. The predicted molar refractivity (Wildman–Crippen MR) is 112 cm³/mol. The van der Waals surface area contributed by atoms with E-state index in [2.05, 4.69) is 4.74 Å². The van der Waals surface area contributed by atoms with E-state index in [4.69, 9.17) is 25.4 Å². The number of benzene rings is 2. The van der Waals surface area contributed by atoms with Crippen molar-refractivity contribution in [3.05, 3.63) is 65.2 Å². The van der Waals surface area contributed by atoms with Gasteiger partial charge in [-0.1, -0.05) is 24.3 Å². The molecule has 2 aromatic carbocycles. The first kappa shape index (κ1) is 24.1. The Hall–Kier alpha value is -4.18. The minimum atomic E-state index is -1.36. The molecule has 0 saturated heterocycles. The summed E-state index contributed by atoms with van der Waals surface area (Å²) in [6, 6.07) is 10.7. The first-order valence-electron chi connectivity index (χ1n) is 9.33. The Morgan fingerprint density at radius 1 is 0.938 bits per heavy atom. The monoisotopic (exact) mass is 443 g/mol. The molecular formula is C22H21NO9. The molecular weight excluding hydrogens is 422 g/mol. The molecule has 0 aromatic heterocycles. The van der Waals surface area contributed by atoms with Gasteiger partial charge < -0.3 is 30.2 Å². The zero-order valence-electron chi connectivity index (χ0n) is 16.9. The molecule has 0 spiro atoms. The van der Waals surface area contributed by atoms with Crippen LogP contribution in [0.25, 0.3) is 6.08 Å². The smallest absolute Gasteiger partial charge is 0.342 e. The SMILES string of the molecule is NCCOc1cccc(C(=O)C=Cc2ccc(OCC(=O)O)c(C(=O)OCC(=O)O)c2)c1. The van der Waals surface area contributed by atoms with Crippen LogP contribution in [-0.2, 0) is 14.3 Å². The summed E-state index contributed by atoms with van der Waals surface area (Å²) < 4.78 is 15.1. The highest BCUT2D eigenvalue weighted by atomic mass is 16.6. The quantitative estimate of drug-likeness (QED) is 0.250. The Morgan fingerprint density at radius 3 is 2.38 bits per heavy atom. The van der Waals surface area contributed by atoms with Crippen LogP contribution in [0.5, 0.6) is 11.5 Å². The zero-order valence-corrected chi connectivity index (χ0v) is 16.9. The number of carboxylic acids is 2. The standard InChI is InChI=1S/C22H21NO9/c23-8-9-30-16-3-1-2-15(11-16)18(24)6-4-14-5-7-19(31-12-20(25)26)17(10-14)22(29)32-13-21(27)28/h1-7,10-11H,8-9,12-13,23H2,(H,25,26)(H,27,28). The number of ketones is 1. The summed E-state index contributed by atoms with van der Waals surface area (Å²) in [5, 5.41) is 17.5. The zero-order chi connectivity index (χ0) is 23.5. The van der Waals surface area contributed by atoms with E-state index in [9.17, 15) is 19.2 Å². The fourth-order valence-electron chi connectivity index (χ4n) is 2.47. The molecule has 10 heteroatoms. The van der Waals surface area contributed by atoms with Crippen LogP contribution in [-0.4, -0.2) is 60.3 Å². The molecule has 0 fully saturated rings. The maximum absolute atomic E-state index is 12.5. The average molecular weight is 443 g/mol. The van der Waals surface area contributed by atoms with Crippen molar-refractivity contribution in [2.24, 2.45) is 5.73 Å². The van der Waals surface area contributed by atoms with Gasteiger partial charge in [-0.05, 0) is 35.9 Å². The lowest BCUT2D eigenvalue weighted by Gasteiger charge is -2.10. The topological polar surface area (TPSA) is 162 Å². The molecule has 10 nitrogen and oxygen atoms in total. The minimum absolute atomic E-state index is 0.101. The average Bonchev–Trinajstić information content (AvgIpc) is 2.78. The fourth-order valence-corrected chi connectivity index (χ4v) is 2.47. The van der Waals surface area contributed by atoms with Crippen molar-refractivity contribution < 1.29 is 43.6 Å². The van der Waals surface area contributed by atoms with Crippen molar-refractivity contribution in [1.29, 1.82) is 0 Å². The number of carbonyl (C=O) groups excluding carboxylic acids is 2. The summed E-state index contributed by atoms with van der Waals surface area (Å²) in [6.45, 7) is -0.945. The number of carbonyl (C=O) groups is 4. The molecule has 0 aliphatic heterocycles. The van der Waals surface area contributed by atoms with Gasteiger partial charge in [-0.25, -0.2) is 14.4 Å². The van der Waals surface area contributed by atoms with Gasteiger partial charge >= 0.3 is 17.9 Å². The molecule has 0 radical (unpaired) electrons. The Morgan fingerprint density at radius 2 is 1.69 bits per heavy atom. The van der Waals surface area contributed by atoms with Crippen LogP contribution in [0.4, 0.5) is 0 Å². The summed E-state index contributed by atoms with van der Waals surface area (Å²) >= 11 is 0. The van der Waals surface area contributed by atoms with E-state index in [0.717, 1.165) is 0 Å². The molecule has 0 bridgehead atoms. The van der Waals surface area contributed by atoms with Gasteiger partial charge in [-0.3, -0.25) is 4.79 Å². The molecule has 0 heterocycles. The van der Waals surface area contributed by atoms with Gasteiger partial charge in [0.1, 0.15) is 23.7 Å². The lowest BCUT2D eigenvalue weighted by atomic mass is 10.1. The summed E-state index contributed by atoms with van der Waals surface area (Å²) in [7, 11) is 0. The van der Waals surface area contributed by atoms with Crippen molar-refractivity contribution in [2.45, 2.75) is 0 Å². The summed E-state index contributed by atoms with van der Waals surface area (Å²) in [5.74, 6) is -3.56. The Balaban J connectivity index is 2.22. The van der Waals surface area contributed by atoms with Crippen LogP contribution in [0.15, 0.2) is 48.5 Å². The second-order valence-corrected chi connectivity index (χ2v) is 6.27. The Kier molecular flexibility index (Phi) is 8.93. The van der Waals surface area contributed by atoms with Crippen LogP contribution in [0.3, 0.4) is 0 Å². The number of esters is 1. The van der Waals surface area contributed by atoms with Gasteiger partial charge in [-0.2, -0.15) is 0 Å². The number of carboxylic acid groups (broad SMARTS) is 2. The molecule has 0 atom stereocenters. The summed E-state index contributed by atoms with van der Waals surface area (Å²) in [4.78, 5) is 46.1. The number of hydrogen-bond donors (Lipinski definition) is 3. The molecule has 2 aromatic rings. The lowest BCUT2D eigenvalue weighted by Crippen LogP contribution is -2.16. The van der Waals surface area contributed by atoms with Crippen molar-refractivity contribution in [3.63, 3.8) is 0 Å². The molecule has 0 amide bonds. The molecule has 168 valence electrons. The molecule has 0 aliphatic rings. The number of aliphatic carboxylic acids is 2. The van der Waals surface area contributed by atoms with E-state index in [1.165, 1.54) is 30.4 Å². The van der Waals surface area contributed by atoms with Gasteiger partial charge in [-0.15, -0.1) is 0 Å². The minimum Gasteiger partial charge on any atom is -0.492 e. The van der Waals surface area contributed by atoms with Crippen molar-refractivity contribution in [3.8, 4) is 11.5 Å². The van der Waals surface area contributed by atoms with Crippen LogP contribution < -0.4 is 15.2 Å². The normalized spacial score (nSPS) is 10.5. The first-order valence-corrected chi connectivity index (χ1v) is 9.33. The van der Waals surface area contributed by atoms with E-state index >= 15 is 0 Å². The van der Waals surface area contributed by atoms with Gasteiger partial charge in [0.25, 0.3) is 0 Å². The highest BCUT2D eigenvalue weighted by molar-refractivity contribution is 6.07. The molecule has 0 unspecified atom stereocenters. The van der Waals surface area contributed by atoms with E-state index < -0.39 is 31.1 Å². The second kappa shape index (κ2) is 11.9. The maximum atomic E-state index is 12.5. The Bertz CT molecular complexity index is 1030. The third-order valence-electron chi connectivity index (χ3n) is 3.83. The molecule has 0 aliphatic carbocycles. The van der Waals surface area contributed by atoms with Crippen LogP contribution in [0, 0.1) is 0 Å². The highest BCUT2D eigenvalue weighted by Crippen LogP contribution is 2.23. The van der Waals surface area contributed by atoms with Crippen molar-refractivity contribution in [2.75, 3.05) is 26.4 Å². The Labute approximate surface area is 182 Å². The van der Waals surface area contributed by atoms with Gasteiger partial charge in [0, 0.05) is 12.1 Å². The molecule has 32 heavy (non-hydrogen) atoms. The number of allylic oxidation sites excluding steroid dienone is 1. The first-order chi connectivity index (χ1) is 15.3. The molecule has 4 N–H and O–H groups in total. The number of rotatable bonds is 12. The van der Waals surface area contributed by atoms with Crippen LogP contribution in [0.2, 0.25) is 0 Å². The van der Waals surface area contributed by atoms with Gasteiger partial charge in [0.2, 0.25) is 0 Å². The van der Waals surface area contributed by atoms with Gasteiger partial charge in [0.15, 0.2) is 19.0 Å². The number of ether oxygens (including phenoxy) is 3. The summed E-state index contributed by atoms with van der Waals surface area (Å²) in [5.41, 5.74) is 5.99. The fraction of sp³-hybridized carbons (Fsp3) is 0.182. The van der Waals surface area contributed by atoms with E-state index in [0.29, 0.717) is 30.0 Å². The highest BCUT2D eigenvalue weighted by Gasteiger charge is 2.17. The van der Waals surface area contributed by atoms with Crippen LogP contribution in [0.1, 0.15) is 26.3 Å². The van der Waals surface area contributed by atoms with Crippen LogP contribution >= 0.6 is 0 Å². The predicted octanol–water partition coefficient (Wildman–Crippen LogP) is 1.62. The third kappa shape index (κ3) is 7.58. The van der Waals surface area contributed by atoms with E-state index in [-0.39, 0.29) is 17.1 Å². The van der Waals surface area contributed by atoms with E-state index in [1.807, 2.05) is 0 Å². The summed E-state index contributed by atoms with van der Waals surface area (Å²) in [6.07, 6.45) is 2.71.